The van der Waals surface area contributed by atoms with E-state index in [0.717, 1.165) is 9.87 Å². The number of sulfonamides is 1. The Kier molecular flexibility index (Phi) is 6.17. The van der Waals surface area contributed by atoms with Crippen molar-refractivity contribution in [2.75, 3.05) is 26.7 Å². The minimum absolute atomic E-state index is 0.161. The van der Waals surface area contributed by atoms with Crippen molar-refractivity contribution in [3.8, 4) is 5.75 Å². The normalized spacial score (nSPS) is 11.5. The molecule has 1 aromatic rings. The van der Waals surface area contributed by atoms with Crippen molar-refractivity contribution in [3.05, 3.63) is 23.8 Å². The highest BCUT2D eigenvalue weighted by atomic mass is 32.2. The van der Waals surface area contributed by atoms with Gasteiger partial charge in [-0.2, -0.15) is 4.31 Å². The van der Waals surface area contributed by atoms with Gasteiger partial charge in [-0.05, 0) is 37.6 Å². The van der Waals surface area contributed by atoms with Crippen molar-refractivity contribution < 1.29 is 17.9 Å². The monoisotopic (exact) mass is 314 g/mol. The summed E-state index contributed by atoms with van der Waals surface area (Å²) in [5.74, 6) is 0.314. The molecule has 0 heterocycles. The van der Waals surface area contributed by atoms with E-state index < -0.39 is 10.0 Å². The van der Waals surface area contributed by atoms with Crippen molar-refractivity contribution >= 4 is 15.9 Å². The summed E-state index contributed by atoms with van der Waals surface area (Å²) in [6.45, 7) is 5.90. The van der Waals surface area contributed by atoms with E-state index in [2.05, 4.69) is 5.32 Å². The maximum absolute atomic E-state index is 12.5. The summed E-state index contributed by atoms with van der Waals surface area (Å²) in [4.78, 5) is 11.6. The van der Waals surface area contributed by atoms with Crippen molar-refractivity contribution in [3.63, 3.8) is 0 Å². The molecule has 0 aromatic heterocycles. The number of nitrogens with zero attached hydrogens (tertiary/aromatic N) is 1. The Hall–Kier alpha value is -1.60. The minimum Gasteiger partial charge on any atom is -0.494 e. The van der Waals surface area contributed by atoms with Gasteiger partial charge in [-0.1, -0.05) is 6.92 Å². The lowest BCUT2D eigenvalue weighted by molar-refractivity contribution is -0.120. The van der Waals surface area contributed by atoms with Crippen LogP contribution in [0.2, 0.25) is 0 Å². The molecular formula is C14H22N2O4S. The van der Waals surface area contributed by atoms with E-state index in [-0.39, 0.29) is 23.9 Å². The Labute approximate surface area is 126 Å². The fourth-order valence-electron chi connectivity index (χ4n) is 1.85. The second-order valence-electron chi connectivity index (χ2n) is 4.46. The van der Waals surface area contributed by atoms with Gasteiger partial charge >= 0.3 is 0 Å². The van der Waals surface area contributed by atoms with E-state index in [0.29, 0.717) is 12.4 Å². The summed E-state index contributed by atoms with van der Waals surface area (Å²) < 4.78 is 31.6. The van der Waals surface area contributed by atoms with Crippen LogP contribution >= 0.6 is 0 Å². The summed E-state index contributed by atoms with van der Waals surface area (Å²) >= 11 is 0. The number of nitrogens with one attached hydrogen (secondary N) is 1. The van der Waals surface area contributed by atoms with Crippen LogP contribution in [-0.4, -0.2) is 45.4 Å². The zero-order chi connectivity index (χ0) is 16.0. The Morgan fingerprint density at radius 1 is 1.33 bits per heavy atom. The number of ether oxygens (including phenoxy) is 1. The second kappa shape index (κ2) is 7.42. The Morgan fingerprint density at radius 2 is 2.00 bits per heavy atom. The van der Waals surface area contributed by atoms with E-state index in [1.165, 1.54) is 13.1 Å². The van der Waals surface area contributed by atoms with Gasteiger partial charge in [0.1, 0.15) is 5.75 Å². The fourth-order valence-corrected chi connectivity index (χ4v) is 3.35. The lowest BCUT2D eigenvalue weighted by Crippen LogP contribution is -2.39. The molecule has 0 unspecified atom stereocenters. The van der Waals surface area contributed by atoms with Gasteiger partial charge < -0.3 is 10.1 Å². The molecule has 21 heavy (non-hydrogen) atoms. The van der Waals surface area contributed by atoms with Gasteiger partial charge in [-0.15, -0.1) is 0 Å². The lowest BCUT2D eigenvalue weighted by atomic mass is 10.2. The molecule has 0 bridgehead atoms. The summed E-state index contributed by atoms with van der Waals surface area (Å²) in [5, 5.41) is 2.43. The molecule has 7 heteroatoms. The number of carbonyl (C=O) groups is 1. The highest BCUT2D eigenvalue weighted by Crippen LogP contribution is 2.23. The third-order valence-electron chi connectivity index (χ3n) is 3.04. The van der Waals surface area contributed by atoms with Crippen LogP contribution in [0, 0.1) is 6.92 Å². The van der Waals surface area contributed by atoms with Gasteiger partial charge in [0.2, 0.25) is 15.9 Å². The number of likely N-dealkylation sites (N-methyl/N-ethyl adjacent to an activating group) is 2. The molecule has 1 aromatic carbocycles. The SMILES string of the molecule is CCOc1ccc(S(=O)(=O)N(CC)CC(=O)NC)cc1C. The smallest absolute Gasteiger partial charge is 0.243 e. The van der Waals surface area contributed by atoms with Crippen LogP contribution in [0.1, 0.15) is 19.4 Å². The minimum atomic E-state index is -3.69. The third kappa shape index (κ3) is 4.18. The number of benzene rings is 1. The van der Waals surface area contributed by atoms with Gasteiger partial charge in [0.25, 0.3) is 0 Å². The first-order valence-corrected chi connectivity index (χ1v) is 8.25. The zero-order valence-corrected chi connectivity index (χ0v) is 13.7. The highest BCUT2D eigenvalue weighted by Gasteiger charge is 2.25. The summed E-state index contributed by atoms with van der Waals surface area (Å²) in [6, 6.07) is 4.70. The molecule has 0 fully saturated rings. The second-order valence-corrected chi connectivity index (χ2v) is 6.40. The third-order valence-corrected chi connectivity index (χ3v) is 4.95. The van der Waals surface area contributed by atoms with E-state index >= 15 is 0 Å². The molecule has 0 aliphatic rings. The molecule has 6 nitrogen and oxygen atoms in total. The quantitative estimate of drug-likeness (QED) is 0.819. The average Bonchev–Trinajstić information content (AvgIpc) is 2.46. The standard InChI is InChI=1S/C14H22N2O4S/c1-5-16(10-14(17)15-4)21(18,19)12-7-8-13(20-6-2)11(3)9-12/h7-9H,5-6,10H2,1-4H3,(H,15,17). The van der Waals surface area contributed by atoms with Crippen molar-refractivity contribution in [1.82, 2.24) is 9.62 Å². The number of amides is 1. The molecule has 0 radical (unpaired) electrons. The van der Waals surface area contributed by atoms with E-state index in [4.69, 9.17) is 4.74 Å². The molecule has 118 valence electrons. The maximum Gasteiger partial charge on any atom is 0.243 e. The van der Waals surface area contributed by atoms with Crippen LogP contribution in [0.25, 0.3) is 0 Å². The molecular weight excluding hydrogens is 292 g/mol. The predicted octanol–water partition coefficient (Wildman–Crippen LogP) is 1.15. The average molecular weight is 314 g/mol. The molecule has 0 aliphatic heterocycles. The summed E-state index contributed by atoms with van der Waals surface area (Å²) in [7, 11) is -2.22. The Bertz CT molecular complexity index is 599. The first-order chi connectivity index (χ1) is 9.86. The number of rotatable bonds is 7. The molecule has 1 N–H and O–H groups in total. The van der Waals surface area contributed by atoms with Crippen LogP contribution in [-0.2, 0) is 14.8 Å². The lowest BCUT2D eigenvalue weighted by Gasteiger charge is -2.20. The van der Waals surface area contributed by atoms with Crippen LogP contribution in [0.5, 0.6) is 5.75 Å². The summed E-state index contributed by atoms with van der Waals surface area (Å²) in [5.41, 5.74) is 0.744. The Morgan fingerprint density at radius 3 is 2.48 bits per heavy atom. The molecule has 0 saturated carbocycles. The predicted molar refractivity (Wildman–Crippen MR) is 80.8 cm³/mol. The van der Waals surface area contributed by atoms with E-state index in [1.807, 2.05) is 6.92 Å². The number of aryl methyl sites for hydroxylation is 1. The van der Waals surface area contributed by atoms with E-state index in [1.54, 1.807) is 26.0 Å². The van der Waals surface area contributed by atoms with Crippen LogP contribution in [0.15, 0.2) is 23.1 Å². The first-order valence-electron chi connectivity index (χ1n) is 6.81. The fraction of sp³-hybridized carbons (Fsp3) is 0.500. The molecule has 0 saturated heterocycles. The molecule has 0 spiro atoms. The van der Waals surface area contributed by atoms with Crippen molar-refractivity contribution in [1.29, 1.82) is 0 Å². The number of carbonyl (C=O) groups excluding carboxylic acids is 1. The maximum atomic E-state index is 12.5. The van der Waals surface area contributed by atoms with Crippen molar-refractivity contribution in [2.24, 2.45) is 0 Å². The van der Waals surface area contributed by atoms with Crippen LogP contribution in [0.3, 0.4) is 0 Å². The summed E-state index contributed by atoms with van der Waals surface area (Å²) in [6.07, 6.45) is 0. The molecule has 0 atom stereocenters. The molecule has 1 rings (SSSR count). The Balaban J connectivity index is 3.11. The van der Waals surface area contributed by atoms with Gasteiger partial charge in [-0.3, -0.25) is 4.79 Å². The zero-order valence-electron chi connectivity index (χ0n) is 12.8. The number of hydrogen-bond donors (Lipinski definition) is 1. The van der Waals surface area contributed by atoms with Gasteiger partial charge in [0.05, 0.1) is 18.0 Å². The van der Waals surface area contributed by atoms with Crippen LogP contribution in [0.4, 0.5) is 0 Å². The van der Waals surface area contributed by atoms with Gasteiger partial charge in [-0.25, -0.2) is 8.42 Å². The van der Waals surface area contributed by atoms with E-state index in [9.17, 15) is 13.2 Å². The number of hydrogen-bond acceptors (Lipinski definition) is 4. The largest absolute Gasteiger partial charge is 0.494 e. The van der Waals surface area contributed by atoms with Crippen LogP contribution < -0.4 is 10.1 Å². The van der Waals surface area contributed by atoms with Gasteiger partial charge in [0.15, 0.2) is 0 Å². The highest BCUT2D eigenvalue weighted by molar-refractivity contribution is 7.89. The van der Waals surface area contributed by atoms with Gasteiger partial charge in [0, 0.05) is 13.6 Å². The molecule has 1 amide bonds. The molecule has 0 aliphatic carbocycles. The first kappa shape index (κ1) is 17.5. The van der Waals surface area contributed by atoms with Crippen molar-refractivity contribution in [2.45, 2.75) is 25.7 Å². The topological polar surface area (TPSA) is 75.7 Å².